The third-order valence-electron chi connectivity index (χ3n) is 7.81. The highest BCUT2D eigenvalue weighted by Crippen LogP contribution is 2.25. The molecule has 0 unspecified atom stereocenters. The van der Waals surface area contributed by atoms with Crippen LogP contribution in [0.15, 0.2) is 133 Å². The minimum absolute atomic E-state index is 0.893. The van der Waals surface area contributed by atoms with Crippen LogP contribution in [-0.2, 0) is 0 Å². The summed E-state index contributed by atoms with van der Waals surface area (Å²) in [6.07, 6.45) is 0. The average Bonchev–Trinajstić information content (AvgIpc) is 3.10. The van der Waals surface area contributed by atoms with Crippen LogP contribution in [0.5, 0.6) is 0 Å². The molecule has 0 aromatic heterocycles. The third-order valence-corrected chi connectivity index (χ3v) is 7.81. The van der Waals surface area contributed by atoms with Crippen LogP contribution in [0.3, 0.4) is 0 Å². The largest absolute Gasteiger partial charge is 0.0617 e. The molecule has 0 fully saturated rings. The number of benzene rings is 6. The Balaban J connectivity index is 1.46. The van der Waals surface area contributed by atoms with Crippen molar-refractivity contribution in [1.82, 2.24) is 0 Å². The monoisotopic (exact) mass is 610 g/mol. The highest BCUT2D eigenvalue weighted by Gasteiger charge is 2.06. The summed E-state index contributed by atoms with van der Waals surface area (Å²) in [4.78, 5) is 0. The Kier molecular flexibility index (Phi) is 9.70. The van der Waals surface area contributed by atoms with Gasteiger partial charge in [-0.1, -0.05) is 118 Å². The van der Waals surface area contributed by atoms with Crippen molar-refractivity contribution in [2.75, 3.05) is 0 Å². The molecule has 0 aliphatic heterocycles. The van der Waals surface area contributed by atoms with Crippen molar-refractivity contribution in [1.29, 1.82) is 0 Å². The topological polar surface area (TPSA) is 0 Å². The van der Waals surface area contributed by atoms with Gasteiger partial charge in [-0.05, 0) is 124 Å². The standard InChI is InChI=1S/C48H34/c1-35-5-13-39(14-6-35)21-25-43-29-44(26-22-40-15-7-36(2)8-16-40)32-47(31-43)48-33-45(27-23-41-17-9-37(3)10-18-41)30-46(34-48)28-24-42-19-11-38(4)12-20-42/h5-20,29-34H,1-4H3. The first-order chi connectivity index (χ1) is 23.3. The molecule has 0 atom stereocenters. The van der Waals surface area contributed by atoms with Crippen molar-refractivity contribution in [2.24, 2.45) is 0 Å². The number of hydrogen-bond donors (Lipinski definition) is 0. The van der Waals surface area contributed by atoms with Gasteiger partial charge in [0.25, 0.3) is 0 Å². The van der Waals surface area contributed by atoms with E-state index in [0.29, 0.717) is 0 Å². The van der Waals surface area contributed by atoms with Gasteiger partial charge in [-0.3, -0.25) is 0 Å². The van der Waals surface area contributed by atoms with Gasteiger partial charge in [0, 0.05) is 44.5 Å². The molecule has 0 bridgehead atoms. The summed E-state index contributed by atoms with van der Waals surface area (Å²) < 4.78 is 0. The fourth-order valence-corrected chi connectivity index (χ4v) is 5.00. The zero-order valence-corrected chi connectivity index (χ0v) is 27.7. The third kappa shape index (κ3) is 8.84. The Morgan fingerprint density at radius 3 is 0.625 bits per heavy atom. The first-order valence-electron chi connectivity index (χ1n) is 16.0. The quantitative estimate of drug-likeness (QED) is 0.163. The molecule has 0 saturated carbocycles. The molecule has 0 amide bonds. The summed E-state index contributed by atoms with van der Waals surface area (Å²) in [6.45, 7) is 8.33. The second-order valence-electron chi connectivity index (χ2n) is 12.1. The molecule has 6 aromatic rings. The maximum Gasteiger partial charge on any atom is 0.0267 e. The molecule has 6 rings (SSSR count). The first kappa shape index (κ1) is 31.5. The zero-order chi connectivity index (χ0) is 33.3. The van der Waals surface area contributed by atoms with E-state index < -0.39 is 0 Å². The lowest BCUT2D eigenvalue weighted by Gasteiger charge is -2.07. The number of aryl methyl sites for hydroxylation is 4. The van der Waals surface area contributed by atoms with Crippen LogP contribution in [0.2, 0.25) is 0 Å². The van der Waals surface area contributed by atoms with Gasteiger partial charge in [0.1, 0.15) is 0 Å². The summed E-state index contributed by atoms with van der Waals surface area (Å²) in [6, 6.07) is 45.7. The predicted molar refractivity (Wildman–Crippen MR) is 201 cm³/mol. The van der Waals surface area contributed by atoms with Crippen LogP contribution in [0.4, 0.5) is 0 Å². The maximum absolute atomic E-state index is 3.39. The van der Waals surface area contributed by atoms with E-state index in [-0.39, 0.29) is 0 Å². The molecule has 0 N–H and O–H groups in total. The van der Waals surface area contributed by atoms with Crippen LogP contribution in [-0.4, -0.2) is 0 Å². The zero-order valence-electron chi connectivity index (χ0n) is 27.7. The van der Waals surface area contributed by atoms with E-state index >= 15 is 0 Å². The van der Waals surface area contributed by atoms with E-state index in [1.807, 2.05) is 0 Å². The lowest BCUT2D eigenvalue weighted by atomic mass is 9.96. The van der Waals surface area contributed by atoms with Gasteiger partial charge in [-0.2, -0.15) is 0 Å². The first-order valence-corrected chi connectivity index (χ1v) is 16.0. The Morgan fingerprint density at radius 2 is 0.417 bits per heavy atom. The SMILES string of the molecule is Cc1ccc(C#Cc2cc(C#Cc3ccc(C)cc3)cc(-c3cc(C#Cc4ccc(C)cc4)cc(C#Cc4ccc(C)cc4)c3)c2)cc1. The van der Waals surface area contributed by atoms with Crippen LogP contribution in [0.25, 0.3) is 11.1 Å². The van der Waals surface area contributed by atoms with Crippen molar-refractivity contribution in [3.05, 3.63) is 200 Å². The van der Waals surface area contributed by atoms with E-state index in [4.69, 9.17) is 0 Å². The number of rotatable bonds is 1. The Hall–Kier alpha value is -6.44. The van der Waals surface area contributed by atoms with E-state index in [0.717, 1.165) is 55.6 Å². The summed E-state index contributed by atoms with van der Waals surface area (Å²) in [5, 5.41) is 0. The smallest absolute Gasteiger partial charge is 0.0267 e. The second kappa shape index (κ2) is 14.8. The average molecular weight is 611 g/mol. The Labute approximate surface area is 285 Å². The van der Waals surface area contributed by atoms with Gasteiger partial charge >= 0.3 is 0 Å². The minimum atomic E-state index is 0.893. The van der Waals surface area contributed by atoms with Crippen LogP contribution >= 0.6 is 0 Å². The van der Waals surface area contributed by atoms with Crippen LogP contribution in [0.1, 0.15) is 66.8 Å². The van der Waals surface area contributed by atoms with Gasteiger partial charge in [-0.15, -0.1) is 0 Å². The van der Waals surface area contributed by atoms with Crippen molar-refractivity contribution >= 4 is 0 Å². The van der Waals surface area contributed by atoms with E-state index in [1.54, 1.807) is 0 Å². The minimum Gasteiger partial charge on any atom is -0.0617 e. The Bertz CT molecular complexity index is 2000. The highest BCUT2D eigenvalue weighted by molar-refractivity contribution is 5.72. The highest BCUT2D eigenvalue weighted by atomic mass is 14.1. The summed E-state index contributed by atoms with van der Waals surface area (Å²) in [5.41, 5.74) is 14.3. The molecule has 226 valence electrons. The van der Waals surface area contributed by atoms with Crippen LogP contribution < -0.4 is 0 Å². The maximum atomic E-state index is 3.39. The van der Waals surface area contributed by atoms with Gasteiger partial charge in [0.05, 0.1) is 0 Å². The molecule has 0 aliphatic carbocycles. The van der Waals surface area contributed by atoms with Gasteiger partial charge in [0.2, 0.25) is 0 Å². The van der Waals surface area contributed by atoms with Gasteiger partial charge in [-0.25, -0.2) is 0 Å². The van der Waals surface area contributed by atoms with Crippen molar-refractivity contribution in [2.45, 2.75) is 27.7 Å². The molecule has 48 heavy (non-hydrogen) atoms. The fourth-order valence-electron chi connectivity index (χ4n) is 5.00. The molecular formula is C48H34. The van der Waals surface area contributed by atoms with E-state index in [9.17, 15) is 0 Å². The molecule has 0 spiro atoms. The molecule has 6 aromatic carbocycles. The van der Waals surface area contributed by atoms with E-state index in [2.05, 4.69) is 209 Å². The molecule has 0 aliphatic rings. The normalized spacial score (nSPS) is 9.83. The Morgan fingerprint density at radius 1 is 0.229 bits per heavy atom. The summed E-state index contributed by atoms with van der Waals surface area (Å²) >= 11 is 0. The van der Waals surface area contributed by atoms with Crippen molar-refractivity contribution in [3.8, 4) is 58.5 Å². The molecular weight excluding hydrogens is 577 g/mol. The summed E-state index contributed by atoms with van der Waals surface area (Å²) in [5.74, 6) is 26.9. The fraction of sp³-hybridized carbons (Fsp3) is 0.0833. The molecule has 0 heteroatoms. The lowest BCUT2D eigenvalue weighted by Crippen LogP contribution is -1.89. The molecule has 0 saturated heterocycles. The van der Waals surface area contributed by atoms with Crippen molar-refractivity contribution < 1.29 is 0 Å². The van der Waals surface area contributed by atoms with E-state index in [1.165, 1.54) is 22.3 Å². The lowest BCUT2D eigenvalue weighted by molar-refractivity contribution is 1.46. The molecule has 0 nitrogen and oxygen atoms in total. The van der Waals surface area contributed by atoms with Crippen molar-refractivity contribution in [3.63, 3.8) is 0 Å². The molecule has 0 heterocycles. The number of hydrogen-bond acceptors (Lipinski definition) is 0. The van der Waals surface area contributed by atoms with Gasteiger partial charge in [0.15, 0.2) is 0 Å². The second-order valence-corrected chi connectivity index (χ2v) is 12.1. The summed E-state index contributed by atoms with van der Waals surface area (Å²) in [7, 11) is 0. The predicted octanol–water partition coefficient (Wildman–Crippen LogP) is 10.2. The van der Waals surface area contributed by atoms with Gasteiger partial charge < -0.3 is 0 Å². The van der Waals surface area contributed by atoms with Crippen LogP contribution in [0, 0.1) is 75.1 Å². The molecule has 0 radical (unpaired) electrons.